The molecule has 0 spiro atoms. The van der Waals surface area contributed by atoms with Crippen LogP contribution in [0, 0.1) is 11.7 Å². The van der Waals surface area contributed by atoms with Gasteiger partial charge in [-0.2, -0.15) is 0 Å². The molecule has 1 aromatic heterocycles. The Morgan fingerprint density at radius 1 is 1.40 bits per heavy atom. The first kappa shape index (κ1) is 22.4. The average molecular weight is 437 g/mol. The summed E-state index contributed by atoms with van der Waals surface area (Å²) in [6.07, 6.45) is 2.07. The fraction of sp³-hybridized carbons (Fsp3) is 0.476. The molecule has 2 aromatic rings. The van der Waals surface area contributed by atoms with Gasteiger partial charge in [0.2, 0.25) is 0 Å². The fourth-order valence-electron chi connectivity index (χ4n) is 3.40. The number of aliphatic hydroxyl groups excluding tert-OH is 2. The van der Waals surface area contributed by atoms with Crippen LogP contribution < -0.4 is 5.32 Å². The van der Waals surface area contributed by atoms with E-state index >= 15 is 0 Å². The maximum absolute atomic E-state index is 13.5. The van der Waals surface area contributed by atoms with Crippen molar-refractivity contribution in [1.29, 1.82) is 0 Å². The number of nitrogens with one attached hydrogen (secondary N) is 1. The van der Waals surface area contributed by atoms with Crippen LogP contribution in [0.15, 0.2) is 24.4 Å². The number of hydrogen-bond acceptors (Lipinski definition) is 5. The molecular formula is C21H26ClFN4O3. The van der Waals surface area contributed by atoms with Crippen molar-refractivity contribution in [1.82, 2.24) is 20.2 Å². The molecule has 1 aromatic carbocycles. The van der Waals surface area contributed by atoms with Crippen molar-refractivity contribution in [2.24, 2.45) is 5.92 Å². The van der Waals surface area contributed by atoms with Gasteiger partial charge in [0.1, 0.15) is 11.6 Å². The summed E-state index contributed by atoms with van der Waals surface area (Å²) >= 11 is 5.86. The Balaban J connectivity index is 1.72. The Hall–Kier alpha value is -2.29. The number of hydrogen-bond donors (Lipinski definition) is 3. The molecule has 2 amide bonds. The zero-order chi connectivity index (χ0) is 21.8. The summed E-state index contributed by atoms with van der Waals surface area (Å²) in [6, 6.07) is 3.02. The monoisotopic (exact) mass is 436 g/mol. The predicted molar refractivity (Wildman–Crippen MR) is 110 cm³/mol. The van der Waals surface area contributed by atoms with Crippen LogP contribution in [-0.2, 0) is 19.4 Å². The van der Waals surface area contributed by atoms with Gasteiger partial charge in [0.05, 0.1) is 29.4 Å². The number of benzene rings is 1. The number of fused-ring (bicyclic) bond motifs is 1. The lowest BCUT2D eigenvalue weighted by molar-refractivity contribution is 0.134. The van der Waals surface area contributed by atoms with Gasteiger partial charge in [-0.25, -0.2) is 19.2 Å². The number of urea groups is 1. The molecule has 1 aliphatic rings. The number of halogens is 2. The number of nitrogens with zero attached hydrogens (tertiary/aromatic N) is 3. The van der Waals surface area contributed by atoms with Gasteiger partial charge >= 0.3 is 6.03 Å². The van der Waals surface area contributed by atoms with Gasteiger partial charge in [-0.1, -0.05) is 24.6 Å². The lowest BCUT2D eigenvalue weighted by Gasteiger charge is -2.31. The van der Waals surface area contributed by atoms with Crippen molar-refractivity contribution >= 4 is 17.6 Å². The number of carbonyl (C=O) groups is 1. The van der Waals surface area contributed by atoms with Gasteiger partial charge in [0, 0.05) is 25.8 Å². The minimum atomic E-state index is -0.901. The molecule has 30 heavy (non-hydrogen) atoms. The third-order valence-electron chi connectivity index (χ3n) is 5.19. The molecule has 3 N–H and O–H groups in total. The zero-order valence-corrected chi connectivity index (χ0v) is 17.7. The van der Waals surface area contributed by atoms with Crippen LogP contribution in [-0.4, -0.2) is 50.4 Å². The standard InChI is InChI=1S/C21H26ClFN4O3/c1-12(11-28)7-19-24-9-15-5-6-27(10-18(15)25-19)21(30)26-20(13(2)29)14-3-4-17(23)16(22)8-14/h3-4,8-9,12-13,20,28-29H,5-7,10-11H2,1-2H3,(H,26,30)/t12-,13+,20-/m1/s1. The van der Waals surface area contributed by atoms with Crippen molar-refractivity contribution in [2.45, 2.75) is 45.4 Å². The molecule has 0 saturated heterocycles. The van der Waals surface area contributed by atoms with Crippen LogP contribution in [0.2, 0.25) is 5.02 Å². The Morgan fingerprint density at radius 2 is 2.17 bits per heavy atom. The number of aliphatic hydroxyl groups is 2. The molecule has 2 heterocycles. The van der Waals surface area contributed by atoms with Crippen molar-refractivity contribution in [3.8, 4) is 0 Å². The Morgan fingerprint density at radius 3 is 2.83 bits per heavy atom. The summed E-state index contributed by atoms with van der Waals surface area (Å²) in [5.41, 5.74) is 2.30. The first-order valence-electron chi connectivity index (χ1n) is 9.91. The Labute approximate surface area is 179 Å². The fourth-order valence-corrected chi connectivity index (χ4v) is 3.59. The van der Waals surface area contributed by atoms with E-state index in [1.165, 1.54) is 18.2 Å². The largest absolute Gasteiger partial charge is 0.396 e. The molecular weight excluding hydrogens is 411 g/mol. The second-order valence-corrected chi connectivity index (χ2v) is 8.17. The second kappa shape index (κ2) is 9.68. The minimum absolute atomic E-state index is 0.0559. The highest BCUT2D eigenvalue weighted by atomic mass is 35.5. The molecule has 7 nitrogen and oxygen atoms in total. The van der Waals surface area contributed by atoms with E-state index in [4.69, 9.17) is 11.6 Å². The highest BCUT2D eigenvalue weighted by Gasteiger charge is 2.27. The smallest absolute Gasteiger partial charge is 0.318 e. The molecule has 3 rings (SSSR count). The summed E-state index contributed by atoms with van der Waals surface area (Å²) in [4.78, 5) is 23.4. The topological polar surface area (TPSA) is 98.6 Å². The van der Waals surface area contributed by atoms with E-state index in [0.29, 0.717) is 37.3 Å². The molecule has 1 aliphatic heterocycles. The molecule has 0 aliphatic carbocycles. The molecule has 0 saturated carbocycles. The van der Waals surface area contributed by atoms with Gasteiger partial charge < -0.3 is 20.4 Å². The van der Waals surface area contributed by atoms with E-state index in [-0.39, 0.29) is 23.6 Å². The second-order valence-electron chi connectivity index (χ2n) is 7.76. The summed E-state index contributed by atoms with van der Waals surface area (Å²) in [5, 5.41) is 22.1. The minimum Gasteiger partial charge on any atom is -0.396 e. The SMILES string of the molecule is C[C@@H](CO)Cc1ncc2c(n1)CN(C(=O)N[C@@H](c1ccc(F)c(Cl)c1)[C@H](C)O)CC2. The van der Waals surface area contributed by atoms with Crippen molar-refractivity contribution < 1.29 is 19.4 Å². The summed E-state index contributed by atoms with van der Waals surface area (Å²) in [6.45, 7) is 4.34. The van der Waals surface area contributed by atoms with Crippen molar-refractivity contribution in [2.75, 3.05) is 13.2 Å². The van der Waals surface area contributed by atoms with Gasteiger partial charge in [0.15, 0.2) is 0 Å². The van der Waals surface area contributed by atoms with Crippen LogP contribution in [0.3, 0.4) is 0 Å². The highest BCUT2D eigenvalue weighted by Crippen LogP contribution is 2.24. The Bertz CT molecular complexity index is 912. The molecule has 162 valence electrons. The lowest BCUT2D eigenvalue weighted by Crippen LogP contribution is -2.46. The van der Waals surface area contributed by atoms with Gasteiger partial charge in [-0.05, 0) is 42.5 Å². The zero-order valence-electron chi connectivity index (χ0n) is 17.0. The molecule has 0 fully saturated rings. The van der Waals surface area contributed by atoms with E-state index in [1.807, 2.05) is 6.92 Å². The van der Waals surface area contributed by atoms with Gasteiger partial charge in [-0.15, -0.1) is 0 Å². The van der Waals surface area contributed by atoms with Crippen molar-refractivity contribution in [3.05, 3.63) is 57.9 Å². The Kier molecular flexibility index (Phi) is 7.23. The maximum Gasteiger partial charge on any atom is 0.318 e. The number of rotatable bonds is 6. The van der Waals surface area contributed by atoms with Gasteiger partial charge in [-0.3, -0.25) is 0 Å². The first-order valence-corrected chi connectivity index (χ1v) is 10.3. The molecule has 0 bridgehead atoms. The third-order valence-corrected chi connectivity index (χ3v) is 5.48. The van der Waals surface area contributed by atoms with Crippen LogP contribution in [0.25, 0.3) is 0 Å². The van der Waals surface area contributed by atoms with E-state index in [0.717, 1.165) is 11.3 Å². The predicted octanol–water partition coefficient (Wildman–Crippen LogP) is 2.63. The maximum atomic E-state index is 13.5. The lowest BCUT2D eigenvalue weighted by atomic mass is 10.0. The first-order chi connectivity index (χ1) is 14.3. The van der Waals surface area contributed by atoms with Crippen LogP contribution >= 0.6 is 11.6 Å². The molecule has 9 heteroatoms. The van der Waals surface area contributed by atoms with E-state index < -0.39 is 18.0 Å². The quantitative estimate of drug-likeness (QED) is 0.646. The van der Waals surface area contributed by atoms with Gasteiger partial charge in [0.25, 0.3) is 0 Å². The number of amides is 2. The normalized spacial score (nSPS) is 16.5. The summed E-state index contributed by atoms with van der Waals surface area (Å²) in [5.74, 6) is 0.135. The van der Waals surface area contributed by atoms with Crippen LogP contribution in [0.1, 0.15) is 42.5 Å². The van der Waals surface area contributed by atoms with E-state index in [9.17, 15) is 19.4 Å². The average Bonchev–Trinajstić information content (AvgIpc) is 2.73. The van der Waals surface area contributed by atoms with E-state index in [1.54, 1.807) is 18.0 Å². The van der Waals surface area contributed by atoms with Crippen LogP contribution in [0.5, 0.6) is 0 Å². The number of aromatic nitrogens is 2. The van der Waals surface area contributed by atoms with E-state index in [2.05, 4.69) is 15.3 Å². The van der Waals surface area contributed by atoms with Crippen molar-refractivity contribution in [3.63, 3.8) is 0 Å². The number of carbonyl (C=O) groups excluding carboxylic acids is 1. The molecule has 3 atom stereocenters. The molecule has 0 radical (unpaired) electrons. The summed E-state index contributed by atoms with van der Waals surface area (Å²) in [7, 11) is 0. The molecule has 0 unspecified atom stereocenters. The third kappa shape index (κ3) is 5.24. The highest BCUT2D eigenvalue weighted by molar-refractivity contribution is 6.30. The van der Waals surface area contributed by atoms with Crippen LogP contribution in [0.4, 0.5) is 9.18 Å². The summed E-state index contributed by atoms with van der Waals surface area (Å²) < 4.78 is 13.5.